The molecular weight excluding hydrogens is 258 g/mol. The Hall–Kier alpha value is -0.270. The zero-order chi connectivity index (χ0) is 12.2. The van der Waals surface area contributed by atoms with Gasteiger partial charge in [0.05, 0.1) is 5.38 Å². The number of fused-ring (bicyclic) bond motifs is 1. The van der Waals surface area contributed by atoms with Gasteiger partial charge in [-0.05, 0) is 54.7 Å². The van der Waals surface area contributed by atoms with E-state index in [4.69, 9.17) is 23.2 Å². The van der Waals surface area contributed by atoms with E-state index in [-0.39, 0.29) is 11.2 Å². The quantitative estimate of drug-likeness (QED) is 0.656. The second-order valence-corrected chi connectivity index (χ2v) is 6.24. The minimum atomic E-state index is -0.251. The van der Waals surface area contributed by atoms with Crippen molar-refractivity contribution >= 4 is 23.2 Å². The van der Waals surface area contributed by atoms with Crippen LogP contribution in [-0.2, 0) is 0 Å². The number of alkyl halides is 1. The molecule has 2 fully saturated rings. The van der Waals surface area contributed by atoms with E-state index in [0.29, 0.717) is 16.5 Å². The van der Waals surface area contributed by atoms with Gasteiger partial charge in [0, 0.05) is 5.02 Å². The van der Waals surface area contributed by atoms with Crippen molar-refractivity contribution in [2.24, 2.45) is 17.8 Å². The largest absolute Gasteiger partial charge is 0.207 e. The summed E-state index contributed by atoms with van der Waals surface area (Å²) in [6, 6.07) is 3.20. The summed E-state index contributed by atoms with van der Waals surface area (Å²) in [4.78, 5) is 0. The van der Waals surface area contributed by atoms with Crippen molar-refractivity contribution < 1.29 is 4.39 Å². The SMILES string of the molecule is Cc1cc(C(Cl)C2C3CCCC32)c(Cl)cc1F. The van der Waals surface area contributed by atoms with E-state index < -0.39 is 0 Å². The average molecular weight is 273 g/mol. The molecule has 0 aliphatic heterocycles. The fraction of sp³-hybridized carbons (Fsp3) is 0.571. The molecule has 0 amide bonds. The zero-order valence-electron chi connectivity index (χ0n) is 9.72. The predicted molar refractivity (Wildman–Crippen MR) is 69.1 cm³/mol. The molecule has 0 bridgehead atoms. The Labute approximate surface area is 111 Å². The van der Waals surface area contributed by atoms with Crippen LogP contribution in [0.2, 0.25) is 5.02 Å². The van der Waals surface area contributed by atoms with E-state index in [1.165, 1.54) is 25.3 Å². The molecular formula is C14H15Cl2F. The Kier molecular flexibility index (Phi) is 2.87. The van der Waals surface area contributed by atoms with Crippen molar-refractivity contribution in [3.63, 3.8) is 0 Å². The van der Waals surface area contributed by atoms with E-state index in [1.54, 1.807) is 6.92 Å². The predicted octanol–water partition coefficient (Wildman–Crippen LogP) is 5.11. The Balaban J connectivity index is 1.87. The Bertz CT molecular complexity index is 448. The van der Waals surface area contributed by atoms with Gasteiger partial charge in [0.1, 0.15) is 5.82 Å². The van der Waals surface area contributed by atoms with Gasteiger partial charge in [-0.1, -0.05) is 24.1 Å². The van der Waals surface area contributed by atoms with E-state index in [0.717, 1.165) is 17.4 Å². The number of benzene rings is 1. The molecule has 92 valence electrons. The first-order chi connectivity index (χ1) is 8.09. The highest BCUT2D eigenvalue weighted by molar-refractivity contribution is 6.32. The second kappa shape index (κ2) is 4.13. The fourth-order valence-corrected chi connectivity index (χ4v) is 4.29. The molecule has 0 N–H and O–H groups in total. The molecule has 0 spiro atoms. The first-order valence-corrected chi connectivity index (χ1v) is 7.00. The van der Waals surface area contributed by atoms with Crippen molar-refractivity contribution in [1.82, 2.24) is 0 Å². The summed E-state index contributed by atoms with van der Waals surface area (Å²) in [5, 5.41) is 0.426. The summed E-state index contributed by atoms with van der Waals surface area (Å²) >= 11 is 12.6. The molecule has 0 radical (unpaired) electrons. The van der Waals surface area contributed by atoms with Gasteiger partial charge >= 0.3 is 0 Å². The van der Waals surface area contributed by atoms with Gasteiger partial charge in [0.15, 0.2) is 0 Å². The maximum atomic E-state index is 13.3. The van der Waals surface area contributed by atoms with Gasteiger partial charge in [-0.15, -0.1) is 11.6 Å². The summed E-state index contributed by atoms with van der Waals surface area (Å²) in [6.45, 7) is 1.76. The molecule has 2 aliphatic carbocycles. The van der Waals surface area contributed by atoms with Crippen LogP contribution in [0.5, 0.6) is 0 Å². The summed E-state index contributed by atoms with van der Waals surface area (Å²) in [5.74, 6) is 1.89. The summed E-state index contributed by atoms with van der Waals surface area (Å²) in [5.41, 5.74) is 1.53. The number of halogens is 3. The highest BCUT2D eigenvalue weighted by Crippen LogP contribution is 2.64. The van der Waals surface area contributed by atoms with Gasteiger partial charge < -0.3 is 0 Å². The van der Waals surface area contributed by atoms with Crippen molar-refractivity contribution in [3.8, 4) is 0 Å². The molecule has 0 aromatic heterocycles. The van der Waals surface area contributed by atoms with Gasteiger partial charge in [-0.25, -0.2) is 4.39 Å². The lowest BCUT2D eigenvalue weighted by Gasteiger charge is -2.14. The van der Waals surface area contributed by atoms with Crippen LogP contribution in [0, 0.1) is 30.5 Å². The molecule has 3 atom stereocenters. The van der Waals surface area contributed by atoms with E-state index >= 15 is 0 Å². The second-order valence-electron chi connectivity index (χ2n) is 5.36. The van der Waals surface area contributed by atoms with Crippen LogP contribution in [0.4, 0.5) is 4.39 Å². The van der Waals surface area contributed by atoms with Crippen molar-refractivity contribution in [2.75, 3.05) is 0 Å². The molecule has 0 heterocycles. The zero-order valence-corrected chi connectivity index (χ0v) is 11.2. The summed E-state index contributed by atoms with van der Waals surface area (Å²) in [7, 11) is 0. The van der Waals surface area contributed by atoms with Crippen LogP contribution < -0.4 is 0 Å². The maximum Gasteiger partial charge on any atom is 0.127 e. The van der Waals surface area contributed by atoms with E-state index in [2.05, 4.69) is 0 Å². The molecule has 3 heteroatoms. The lowest BCUT2D eigenvalue weighted by Crippen LogP contribution is -2.01. The molecule has 1 aromatic rings. The lowest BCUT2D eigenvalue weighted by atomic mass is 10.0. The smallest absolute Gasteiger partial charge is 0.127 e. The van der Waals surface area contributed by atoms with Crippen LogP contribution in [0.1, 0.15) is 35.8 Å². The number of rotatable bonds is 2. The number of aryl methyl sites for hydroxylation is 1. The van der Waals surface area contributed by atoms with E-state index in [9.17, 15) is 4.39 Å². The van der Waals surface area contributed by atoms with Crippen LogP contribution >= 0.6 is 23.2 Å². The third-order valence-corrected chi connectivity index (χ3v) is 5.24. The Morgan fingerprint density at radius 1 is 1.29 bits per heavy atom. The first kappa shape index (κ1) is 11.8. The molecule has 2 saturated carbocycles. The summed E-state index contributed by atoms with van der Waals surface area (Å²) in [6.07, 6.45) is 3.94. The normalized spacial score (nSPS) is 32.4. The Morgan fingerprint density at radius 2 is 1.94 bits per heavy atom. The molecule has 0 saturated heterocycles. The molecule has 3 rings (SSSR count). The van der Waals surface area contributed by atoms with Crippen molar-refractivity contribution in [3.05, 3.63) is 34.1 Å². The highest BCUT2D eigenvalue weighted by Gasteiger charge is 2.55. The fourth-order valence-electron chi connectivity index (χ4n) is 3.41. The first-order valence-electron chi connectivity index (χ1n) is 6.19. The van der Waals surface area contributed by atoms with Crippen LogP contribution in [0.15, 0.2) is 12.1 Å². The molecule has 0 nitrogen and oxygen atoms in total. The molecule has 3 unspecified atom stereocenters. The standard InChI is InChI=1S/C14H15Cl2F/c1-7-5-10(11(15)6-12(7)17)14(16)13-8-3-2-4-9(8)13/h5-6,8-9,13-14H,2-4H2,1H3. The number of hydrogen-bond acceptors (Lipinski definition) is 0. The Morgan fingerprint density at radius 3 is 2.59 bits per heavy atom. The van der Waals surface area contributed by atoms with Gasteiger partial charge in [-0.3, -0.25) is 0 Å². The topological polar surface area (TPSA) is 0 Å². The van der Waals surface area contributed by atoms with E-state index in [1.807, 2.05) is 6.07 Å². The monoisotopic (exact) mass is 272 g/mol. The van der Waals surface area contributed by atoms with Crippen LogP contribution in [0.25, 0.3) is 0 Å². The van der Waals surface area contributed by atoms with Gasteiger partial charge in [0.25, 0.3) is 0 Å². The highest BCUT2D eigenvalue weighted by atomic mass is 35.5. The molecule has 1 aromatic carbocycles. The van der Waals surface area contributed by atoms with Crippen LogP contribution in [-0.4, -0.2) is 0 Å². The molecule has 17 heavy (non-hydrogen) atoms. The maximum absolute atomic E-state index is 13.3. The summed E-state index contributed by atoms with van der Waals surface area (Å²) < 4.78 is 13.3. The molecule has 2 aliphatic rings. The van der Waals surface area contributed by atoms with Crippen LogP contribution in [0.3, 0.4) is 0 Å². The third kappa shape index (κ3) is 1.88. The van der Waals surface area contributed by atoms with Crippen molar-refractivity contribution in [2.45, 2.75) is 31.6 Å². The minimum Gasteiger partial charge on any atom is -0.207 e. The van der Waals surface area contributed by atoms with Gasteiger partial charge in [-0.2, -0.15) is 0 Å². The van der Waals surface area contributed by atoms with Crippen molar-refractivity contribution in [1.29, 1.82) is 0 Å². The average Bonchev–Trinajstić information content (AvgIpc) is 2.76. The lowest BCUT2D eigenvalue weighted by molar-refractivity contribution is 0.571. The third-order valence-electron chi connectivity index (χ3n) is 4.39. The minimum absolute atomic E-state index is 0.0444. The number of hydrogen-bond donors (Lipinski definition) is 0. The van der Waals surface area contributed by atoms with Gasteiger partial charge in [0.2, 0.25) is 0 Å².